The van der Waals surface area contributed by atoms with Crippen LogP contribution in [0.25, 0.3) is 0 Å². The quantitative estimate of drug-likeness (QED) is 0.511. The molecule has 7 heteroatoms. The smallest absolute Gasteiger partial charge is 0.257 e. The molecule has 5 nitrogen and oxygen atoms in total. The van der Waals surface area contributed by atoms with E-state index in [1.807, 2.05) is 25.1 Å². The lowest BCUT2D eigenvalue weighted by Gasteiger charge is -2.15. The fourth-order valence-electron chi connectivity index (χ4n) is 3.05. The molecule has 0 aliphatic carbocycles. The molecule has 1 unspecified atom stereocenters. The number of carbonyl (C=O) groups is 2. The van der Waals surface area contributed by atoms with Crippen LogP contribution in [0, 0.1) is 18.6 Å². The van der Waals surface area contributed by atoms with Crippen LogP contribution in [0.15, 0.2) is 66.7 Å². The van der Waals surface area contributed by atoms with Gasteiger partial charge in [-0.2, -0.15) is 0 Å². The second-order valence-electron chi connectivity index (χ2n) is 7.19. The molecule has 0 aromatic heterocycles. The van der Waals surface area contributed by atoms with Crippen molar-refractivity contribution in [2.75, 3.05) is 17.2 Å². The number of hydrogen-bond donors (Lipinski definition) is 3. The molecule has 0 heterocycles. The number of carbonyl (C=O) groups excluding carboxylic acids is 2. The average Bonchev–Trinajstić information content (AvgIpc) is 2.74. The number of para-hydroxylation sites is 1. The topological polar surface area (TPSA) is 70.2 Å². The van der Waals surface area contributed by atoms with Gasteiger partial charge in [-0.1, -0.05) is 30.3 Å². The van der Waals surface area contributed by atoms with E-state index in [2.05, 4.69) is 16.0 Å². The molecular weight excluding hydrogens is 400 g/mol. The highest BCUT2D eigenvalue weighted by atomic mass is 19.2. The molecule has 0 aliphatic heterocycles. The van der Waals surface area contributed by atoms with Crippen LogP contribution in [-0.4, -0.2) is 18.4 Å². The third-order valence-corrected chi connectivity index (χ3v) is 4.73. The van der Waals surface area contributed by atoms with E-state index in [1.54, 1.807) is 37.3 Å². The summed E-state index contributed by atoms with van der Waals surface area (Å²) in [6, 6.07) is 17.3. The standard InChI is InChI=1S/C24H23F2N3O2/c1-15-6-5-7-18(12-15)28-24(31)19-8-3-4-9-22(19)29-23(30)14-27-16(2)17-10-11-20(25)21(26)13-17/h3-13,16,27H,14H2,1-2H3,(H,28,31)(H,29,30). The molecule has 0 radical (unpaired) electrons. The lowest BCUT2D eigenvalue weighted by molar-refractivity contribution is -0.115. The van der Waals surface area contributed by atoms with Crippen LogP contribution in [-0.2, 0) is 4.79 Å². The first-order valence-corrected chi connectivity index (χ1v) is 9.78. The summed E-state index contributed by atoms with van der Waals surface area (Å²) >= 11 is 0. The Morgan fingerprint density at radius 1 is 0.903 bits per heavy atom. The Hall–Kier alpha value is -3.58. The lowest BCUT2D eigenvalue weighted by atomic mass is 10.1. The molecule has 0 bridgehead atoms. The first-order chi connectivity index (χ1) is 14.8. The molecule has 2 amide bonds. The minimum atomic E-state index is -0.941. The van der Waals surface area contributed by atoms with Crippen LogP contribution in [0.2, 0.25) is 0 Å². The van der Waals surface area contributed by atoms with Gasteiger partial charge in [0.25, 0.3) is 5.91 Å². The zero-order valence-corrected chi connectivity index (χ0v) is 17.2. The molecule has 1 atom stereocenters. The molecule has 3 aromatic rings. The minimum absolute atomic E-state index is 0.0754. The highest BCUT2D eigenvalue weighted by Gasteiger charge is 2.15. The summed E-state index contributed by atoms with van der Waals surface area (Å²) < 4.78 is 26.5. The van der Waals surface area contributed by atoms with Crippen molar-refractivity contribution in [3.8, 4) is 0 Å². The molecule has 0 spiro atoms. The highest BCUT2D eigenvalue weighted by Crippen LogP contribution is 2.19. The molecule has 0 saturated heterocycles. The van der Waals surface area contributed by atoms with Gasteiger partial charge in [0, 0.05) is 11.7 Å². The van der Waals surface area contributed by atoms with Gasteiger partial charge in [-0.15, -0.1) is 0 Å². The van der Waals surface area contributed by atoms with E-state index in [-0.39, 0.29) is 24.4 Å². The molecule has 160 valence electrons. The predicted octanol–water partition coefficient (Wildman–Crippen LogP) is 4.81. The second kappa shape index (κ2) is 9.95. The monoisotopic (exact) mass is 423 g/mol. The van der Waals surface area contributed by atoms with E-state index in [4.69, 9.17) is 0 Å². The first-order valence-electron chi connectivity index (χ1n) is 9.78. The molecule has 31 heavy (non-hydrogen) atoms. The van der Waals surface area contributed by atoms with Crippen LogP contribution in [0.1, 0.15) is 34.5 Å². The van der Waals surface area contributed by atoms with Crippen LogP contribution >= 0.6 is 0 Å². The van der Waals surface area contributed by atoms with Crippen molar-refractivity contribution in [3.63, 3.8) is 0 Å². The van der Waals surface area contributed by atoms with Gasteiger partial charge in [-0.05, 0) is 61.4 Å². The molecule has 3 N–H and O–H groups in total. The maximum absolute atomic E-state index is 13.4. The van der Waals surface area contributed by atoms with Gasteiger partial charge in [-0.3, -0.25) is 9.59 Å². The van der Waals surface area contributed by atoms with E-state index in [0.717, 1.165) is 17.7 Å². The number of anilines is 2. The zero-order chi connectivity index (χ0) is 22.4. The van der Waals surface area contributed by atoms with Gasteiger partial charge in [-0.25, -0.2) is 8.78 Å². The van der Waals surface area contributed by atoms with Crippen molar-refractivity contribution in [1.29, 1.82) is 0 Å². The van der Waals surface area contributed by atoms with E-state index in [0.29, 0.717) is 22.5 Å². The van der Waals surface area contributed by atoms with Gasteiger partial charge >= 0.3 is 0 Å². The summed E-state index contributed by atoms with van der Waals surface area (Å²) in [5.74, 6) is -2.58. The Morgan fingerprint density at radius 2 is 1.68 bits per heavy atom. The van der Waals surface area contributed by atoms with Gasteiger partial charge in [0.15, 0.2) is 11.6 Å². The molecular formula is C24H23F2N3O2. The maximum Gasteiger partial charge on any atom is 0.257 e. The van der Waals surface area contributed by atoms with Crippen molar-refractivity contribution in [2.45, 2.75) is 19.9 Å². The Bertz CT molecular complexity index is 1100. The first kappa shape index (κ1) is 22.1. The Kier molecular flexibility index (Phi) is 7.10. The van der Waals surface area contributed by atoms with E-state index < -0.39 is 11.6 Å². The number of rotatable bonds is 7. The van der Waals surface area contributed by atoms with Gasteiger partial charge < -0.3 is 16.0 Å². The van der Waals surface area contributed by atoms with E-state index in [1.165, 1.54) is 6.07 Å². The third-order valence-electron chi connectivity index (χ3n) is 4.73. The van der Waals surface area contributed by atoms with Crippen molar-refractivity contribution < 1.29 is 18.4 Å². The second-order valence-corrected chi connectivity index (χ2v) is 7.19. The summed E-state index contributed by atoms with van der Waals surface area (Å²) in [6.07, 6.45) is 0. The molecule has 0 aliphatic rings. The van der Waals surface area contributed by atoms with Crippen LogP contribution in [0.5, 0.6) is 0 Å². The van der Waals surface area contributed by atoms with Crippen molar-refractivity contribution in [2.24, 2.45) is 0 Å². The third kappa shape index (κ3) is 5.96. The van der Waals surface area contributed by atoms with Crippen molar-refractivity contribution in [1.82, 2.24) is 5.32 Å². The van der Waals surface area contributed by atoms with E-state index >= 15 is 0 Å². The number of aryl methyl sites for hydroxylation is 1. The summed E-state index contributed by atoms with van der Waals surface area (Å²) in [7, 11) is 0. The number of benzene rings is 3. The van der Waals surface area contributed by atoms with Gasteiger partial charge in [0.1, 0.15) is 0 Å². The SMILES string of the molecule is Cc1cccc(NC(=O)c2ccccc2NC(=O)CNC(C)c2ccc(F)c(F)c2)c1. The lowest BCUT2D eigenvalue weighted by Crippen LogP contribution is -2.30. The predicted molar refractivity (Wildman–Crippen MR) is 117 cm³/mol. The molecule has 0 fully saturated rings. The van der Waals surface area contributed by atoms with Crippen molar-refractivity contribution >= 4 is 23.2 Å². The molecule has 0 saturated carbocycles. The van der Waals surface area contributed by atoms with Crippen LogP contribution in [0.4, 0.5) is 20.2 Å². The highest BCUT2D eigenvalue weighted by molar-refractivity contribution is 6.10. The number of nitrogens with one attached hydrogen (secondary N) is 3. The van der Waals surface area contributed by atoms with Crippen LogP contribution < -0.4 is 16.0 Å². The molecule has 3 aromatic carbocycles. The van der Waals surface area contributed by atoms with Gasteiger partial charge in [0.05, 0.1) is 17.8 Å². The Morgan fingerprint density at radius 3 is 2.42 bits per heavy atom. The normalized spacial score (nSPS) is 11.6. The summed E-state index contributed by atoms with van der Waals surface area (Å²) in [4.78, 5) is 25.1. The average molecular weight is 423 g/mol. The van der Waals surface area contributed by atoms with Gasteiger partial charge in [0.2, 0.25) is 5.91 Å². The minimum Gasteiger partial charge on any atom is -0.324 e. The fourth-order valence-corrected chi connectivity index (χ4v) is 3.05. The van der Waals surface area contributed by atoms with Crippen LogP contribution in [0.3, 0.4) is 0 Å². The largest absolute Gasteiger partial charge is 0.324 e. The summed E-state index contributed by atoms with van der Waals surface area (Å²) in [5.41, 5.74) is 2.89. The van der Waals surface area contributed by atoms with E-state index in [9.17, 15) is 18.4 Å². The number of hydrogen-bond acceptors (Lipinski definition) is 3. The molecule has 3 rings (SSSR count). The maximum atomic E-state index is 13.4. The number of amides is 2. The Balaban J connectivity index is 1.62. The summed E-state index contributed by atoms with van der Waals surface area (Å²) in [6.45, 7) is 3.59. The summed E-state index contributed by atoms with van der Waals surface area (Å²) in [5, 5.41) is 8.50. The fraction of sp³-hybridized carbons (Fsp3) is 0.167. The number of halogens is 2. The van der Waals surface area contributed by atoms with Crippen molar-refractivity contribution in [3.05, 3.63) is 95.1 Å². The zero-order valence-electron chi connectivity index (χ0n) is 17.2. The Labute approximate surface area is 179 Å².